The largest absolute Gasteiger partial charge is 0.457 e. The molecule has 1 unspecified atom stereocenters. The van der Waals surface area contributed by atoms with Crippen molar-refractivity contribution in [2.24, 2.45) is 0 Å². The van der Waals surface area contributed by atoms with E-state index in [1.165, 1.54) is 0 Å². The van der Waals surface area contributed by atoms with Gasteiger partial charge in [0, 0.05) is 17.6 Å². The van der Waals surface area contributed by atoms with E-state index in [4.69, 9.17) is 20.8 Å². The molecule has 3 rings (SSSR count). The maximum Gasteiger partial charge on any atom is 0.238 e. The Morgan fingerprint density at radius 2 is 1.87 bits per heavy atom. The van der Waals surface area contributed by atoms with Gasteiger partial charge in [-0.1, -0.05) is 17.7 Å². The maximum atomic E-state index is 5.94. The number of ether oxygens (including phenoxy) is 1. The number of hydrogen-bond donors (Lipinski definition) is 1. The summed E-state index contributed by atoms with van der Waals surface area (Å²) in [5.74, 6) is 2.55. The number of halogens is 1. The van der Waals surface area contributed by atoms with Crippen molar-refractivity contribution in [3.05, 3.63) is 65.3 Å². The number of anilines is 1. The Morgan fingerprint density at radius 3 is 2.52 bits per heavy atom. The number of benzene rings is 2. The first-order valence-corrected chi connectivity index (χ1v) is 7.58. The van der Waals surface area contributed by atoms with Crippen LogP contribution in [0.25, 0.3) is 0 Å². The molecule has 0 aliphatic carbocycles. The molecule has 0 spiro atoms. The molecule has 0 radical (unpaired) electrons. The monoisotopic (exact) mass is 329 g/mol. The Bertz CT molecular complexity index is 787. The third-order valence-electron chi connectivity index (χ3n) is 3.18. The highest BCUT2D eigenvalue weighted by Crippen LogP contribution is 2.26. The van der Waals surface area contributed by atoms with Crippen LogP contribution in [0, 0.1) is 6.92 Å². The van der Waals surface area contributed by atoms with Crippen molar-refractivity contribution in [1.29, 1.82) is 0 Å². The fourth-order valence-electron chi connectivity index (χ4n) is 2.08. The van der Waals surface area contributed by atoms with E-state index in [9.17, 15) is 0 Å². The standard InChI is InChI=1S/C17H16ClN3O2/c1-11(17-21-20-12(2)22-17)19-14-6-8-15(9-7-14)23-16-5-3-4-13(18)10-16/h3-11,19H,1-2H3. The minimum atomic E-state index is -0.0732. The van der Waals surface area contributed by atoms with Crippen LogP contribution in [-0.4, -0.2) is 10.2 Å². The second-order valence-electron chi connectivity index (χ2n) is 5.11. The molecule has 1 atom stereocenters. The Labute approximate surface area is 139 Å². The molecule has 1 N–H and O–H groups in total. The van der Waals surface area contributed by atoms with Gasteiger partial charge in [-0.15, -0.1) is 10.2 Å². The van der Waals surface area contributed by atoms with E-state index in [0.29, 0.717) is 22.6 Å². The van der Waals surface area contributed by atoms with Gasteiger partial charge in [-0.05, 0) is 49.4 Å². The summed E-state index contributed by atoms with van der Waals surface area (Å²) in [6, 6.07) is 14.8. The molecule has 5 nitrogen and oxygen atoms in total. The van der Waals surface area contributed by atoms with E-state index < -0.39 is 0 Å². The Balaban J connectivity index is 1.65. The normalized spacial score (nSPS) is 12.0. The van der Waals surface area contributed by atoms with Gasteiger partial charge < -0.3 is 14.5 Å². The van der Waals surface area contributed by atoms with Crippen molar-refractivity contribution in [3.63, 3.8) is 0 Å². The van der Waals surface area contributed by atoms with Crippen LogP contribution in [0.15, 0.2) is 52.9 Å². The van der Waals surface area contributed by atoms with Gasteiger partial charge in [-0.25, -0.2) is 0 Å². The van der Waals surface area contributed by atoms with Crippen LogP contribution in [0.3, 0.4) is 0 Å². The van der Waals surface area contributed by atoms with E-state index in [2.05, 4.69) is 15.5 Å². The molecule has 0 saturated heterocycles. The number of nitrogens with zero attached hydrogens (tertiary/aromatic N) is 2. The second-order valence-corrected chi connectivity index (χ2v) is 5.55. The fraction of sp³-hybridized carbons (Fsp3) is 0.176. The average Bonchev–Trinajstić information content (AvgIpc) is 2.96. The van der Waals surface area contributed by atoms with Crippen molar-refractivity contribution in [3.8, 4) is 11.5 Å². The summed E-state index contributed by atoms with van der Waals surface area (Å²) in [4.78, 5) is 0. The predicted molar refractivity (Wildman–Crippen MR) is 89.0 cm³/mol. The molecule has 0 saturated carbocycles. The van der Waals surface area contributed by atoms with Crippen LogP contribution < -0.4 is 10.1 Å². The van der Waals surface area contributed by atoms with Gasteiger partial charge in [0.1, 0.15) is 17.5 Å². The molecule has 118 valence electrons. The molecule has 1 heterocycles. The van der Waals surface area contributed by atoms with Crippen LogP contribution in [0.4, 0.5) is 5.69 Å². The first-order valence-electron chi connectivity index (χ1n) is 7.20. The van der Waals surface area contributed by atoms with E-state index in [0.717, 1.165) is 11.4 Å². The highest BCUT2D eigenvalue weighted by atomic mass is 35.5. The smallest absolute Gasteiger partial charge is 0.238 e. The second kappa shape index (κ2) is 6.71. The van der Waals surface area contributed by atoms with E-state index in [-0.39, 0.29) is 6.04 Å². The van der Waals surface area contributed by atoms with Crippen molar-refractivity contribution in [2.45, 2.75) is 19.9 Å². The summed E-state index contributed by atoms with van der Waals surface area (Å²) in [7, 11) is 0. The summed E-state index contributed by atoms with van der Waals surface area (Å²) < 4.78 is 11.2. The topological polar surface area (TPSA) is 60.2 Å². The quantitative estimate of drug-likeness (QED) is 0.714. The zero-order chi connectivity index (χ0) is 16.2. The molecular formula is C17H16ClN3O2. The van der Waals surface area contributed by atoms with Crippen molar-refractivity contribution in [1.82, 2.24) is 10.2 Å². The lowest BCUT2D eigenvalue weighted by atomic mass is 10.2. The van der Waals surface area contributed by atoms with Gasteiger partial charge in [-0.3, -0.25) is 0 Å². The highest BCUT2D eigenvalue weighted by molar-refractivity contribution is 6.30. The van der Waals surface area contributed by atoms with E-state index in [1.54, 1.807) is 13.0 Å². The lowest BCUT2D eigenvalue weighted by Gasteiger charge is -2.12. The number of aryl methyl sites for hydroxylation is 1. The molecule has 1 aromatic heterocycles. The van der Waals surface area contributed by atoms with Gasteiger partial charge in [-0.2, -0.15) is 0 Å². The summed E-state index contributed by atoms with van der Waals surface area (Å²) in [6.45, 7) is 3.73. The lowest BCUT2D eigenvalue weighted by molar-refractivity contribution is 0.451. The number of aromatic nitrogens is 2. The van der Waals surface area contributed by atoms with E-state index >= 15 is 0 Å². The average molecular weight is 330 g/mol. The summed E-state index contributed by atoms with van der Waals surface area (Å²) >= 11 is 5.94. The van der Waals surface area contributed by atoms with Crippen molar-refractivity contribution in [2.75, 3.05) is 5.32 Å². The van der Waals surface area contributed by atoms with E-state index in [1.807, 2.05) is 49.4 Å². The first kappa shape index (κ1) is 15.4. The van der Waals surface area contributed by atoms with Crippen LogP contribution in [0.2, 0.25) is 5.02 Å². The van der Waals surface area contributed by atoms with Gasteiger partial charge in [0.15, 0.2) is 0 Å². The van der Waals surface area contributed by atoms with Gasteiger partial charge in [0.25, 0.3) is 0 Å². The first-order chi connectivity index (χ1) is 11.1. The van der Waals surface area contributed by atoms with Crippen molar-refractivity contribution >= 4 is 17.3 Å². The molecule has 0 aliphatic heterocycles. The van der Waals surface area contributed by atoms with Crippen LogP contribution in [0.5, 0.6) is 11.5 Å². The third kappa shape index (κ3) is 4.02. The molecule has 0 bridgehead atoms. The Hall–Kier alpha value is -2.53. The fourth-order valence-corrected chi connectivity index (χ4v) is 2.26. The van der Waals surface area contributed by atoms with Gasteiger partial charge >= 0.3 is 0 Å². The molecule has 0 aliphatic rings. The number of hydrogen-bond acceptors (Lipinski definition) is 5. The summed E-state index contributed by atoms with van der Waals surface area (Å²) in [5, 5.41) is 11.8. The zero-order valence-corrected chi connectivity index (χ0v) is 13.5. The zero-order valence-electron chi connectivity index (χ0n) is 12.8. The van der Waals surface area contributed by atoms with Crippen LogP contribution >= 0.6 is 11.6 Å². The predicted octanol–water partition coefficient (Wildman–Crippen LogP) is 5.00. The number of nitrogens with one attached hydrogen (secondary N) is 1. The SMILES string of the molecule is Cc1nnc(C(C)Nc2ccc(Oc3cccc(Cl)c3)cc2)o1. The summed E-state index contributed by atoms with van der Waals surface area (Å²) in [6.07, 6.45) is 0. The molecule has 6 heteroatoms. The van der Waals surface area contributed by atoms with Crippen LogP contribution in [-0.2, 0) is 0 Å². The minimum Gasteiger partial charge on any atom is -0.457 e. The highest BCUT2D eigenvalue weighted by Gasteiger charge is 2.12. The maximum absolute atomic E-state index is 5.94. The minimum absolute atomic E-state index is 0.0732. The lowest BCUT2D eigenvalue weighted by Crippen LogP contribution is -2.06. The number of rotatable bonds is 5. The van der Waals surface area contributed by atoms with Crippen molar-refractivity contribution < 1.29 is 9.15 Å². The molecular weight excluding hydrogens is 314 g/mol. The third-order valence-corrected chi connectivity index (χ3v) is 3.42. The molecule has 3 aromatic rings. The molecule has 23 heavy (non-hydrogen) atoms. The Morgan fingerprint density at radius 1 is 1.09 bits per heavy atom. The Kier molecular flexibility index (Phi) is 4.48. The summed E-state index contributed by atoms with van der Waals surface area (Å²) in [5.41, 5.74) is 0.937. The van der Waals surface area contributed by atoms with Gasteiger partial charge in [0.05, 0.1) is 0 Å². The van der Waals surface area contributed by atoms with Crippen LogP contribution in [0.1, 0.15) is 24.7 Å². The molecule has 2 aromatic carbocycles. The van der Waals surface area contributed by atoms with Gasteiger partial charge in [0.2, 0.25) is 11.8 Å². The molecule has 0 fully saturated rings. The molecule has 0 amide bonds.